The number of non-ortho nitro benzene ring substituents is 1. The largest absolute Gasteiger partial charge is 0.364 e. The SMILES string of the molecule is CCCC(NCc1ccon1)c1cccc([N+](=O)[O-])c1. The van der Waals surface area contributed by atoms with Crippen molar-refractivity contribution >= 4 is 5.69 Å². The minimum atomic E-state index is -0.371. The summed E-state index contributed by atoms with van der Waals surface area (Å²) in [6.07, 6.45) is 3.41. The van der Waals surface area contributed by atoms with Gasteiger partial charge >= 0.3 is 0 Å². The summed E-state index contributed by atoms with van der Waals surface area (Å²) in [5, 5.41) is 18.0. The van der Waals surface area contributed by atoms with Crippen molar-refractivity contribution in [2.45, 2.75) is 32.4 Å². The lowest BCUT2D eigenvalue weighted by molar-refractivity contribution is -0.384. The van der Waals surface area contributed by atoms with Gasteiger partial charge < -0.3 is 9.84 Å². The molecule has 1 aromatic heterocycles. The molecule has 6 heteroatoms. The first kappa shape index (κ1) is 14.2. The van der Waals surface area contributed by atoms with Crippen LogP contribution in [0.1, 0.15) is 37.1 Å². The van der Waals surface area contributed by atoms with Crippen LogP contribution < -0.4 is 5.32 Å². The van der Waals surface area contributed by atoms with E-state index in [-0.39, 0.29) is 16.7 Å². The molecule has 0 bridgehead atoms. The summed E-state index contributed by atoms with van der Waals surface area (Å²) >= 11 is 0. The second-order valence-electron chi connectivity index (χ2n) is 4.57. The highest BCUT2D eigenvalue weighted by Crippen LogP contribution is 2.23. The van der Waals surface area contributed by atoms with Crippen molar-refractivity contribution in [2.75, 3.05) is 0 Å². The molecule has 1 heterocycles. The molecule has 0 spiro atoms. The highest BCUT2D eigenvalue weighted by atomic mass is 16.6. The Morgan fingerprint density at radius 3 is 2.95 bits per heavy atom. The van der Waals surface area contributed by atoms with Crippen LogP contribution in [0.5, 0.6) is 0 Å². The van der Waals surface area contributed by atoms with Crippen molar-refractivity contribution in [1.82, 2.24) is 10.5 Å². The predicted molar refractivity (Wildman–Crippen MR) is 74.1 cm³/mol. The Labute approximate surface area is 116 Å². The molecule has 1 unspecified atom stereocenters. The van der Waals surface area contributed by atoms with Crippen LogP contribution in [0, 0.1) is 10.1 Å². The second-order valence-corrected chi connectivity index (χ2v) is 4.57. The van der Waals surface area contributed by atoms with Gasteiger partial charge in [-0.25, -0.2) is 0 Å². The molecule has 1 aromatic carbocycles. The lowest BCUT2D eigenvalue weighted by atomic mass is 10.0. The Hall–Kier alpha value is -2.21. The molecule has 106 valence electrons. The first-order valence-corrected chi connectivity index (χ1v) is 6.57. The van der Waals surface area contributed by atoms with Gasteiger partial charge in [0, 0.05) is 30.8 Å². The molecular formula is C14H17N3O3. The number of nitro groups is 1. The van der Waals surface area contributed by atoms with E-state index < -0.39 is 0 Å². The Morgan fingerprint density at radius 1 is 1.45 bits per heavy atom. The van der Waals surface area contributed by atoms with Crippen LogP contribution in [0.15, 0.2) is 41.1 Å². The van der Waals surface area contributed by atoms with Gasteiger partial charge in [-0.2, -0.15) is 0 Å². The van der Waals surface area contributed by atoms with Gasteiger partial charge in [0.1, 0.15) is 6.26 Å². The third kappa shape index (κ3) is 3.64. The summed E-state index contributed by atoms with van der Waals surface area (Å²) in [6.45, 7) is 2.66. The van der Waals surface area contributed by atoms with Crippen molar-refractivity contribution in [3.8, 4) is 0 Å². The maximum atomic E-state index is 10.8. The zero-order chi connectivity index (χ0) is 14.4. The lowest BCUT2D eigenvalue weighted by Crippen LogP contribution is -2.21. The topological polar surface area (TPSA) is 81.2 Å². The van der Waals surface area contributed by atoms with E-state index in [0.29, 0.717) is 6.54 Å². The Morgan fingerprint density at radius 2 is 2.30 bits per heavy atom. The molecule has 1 atom stereocenters. The Bertz CT molecular complexity index is 555. The molecular weight excluding hydrogens is 258 g/mol. The zero-order valence-corrected chi connectivity index (χ0v) is 11.3. The van der Waals surface area contributed by atoms with Crippen molar-refractivity contribution in [2.24, 2.45) is 0 Å². The number of hydrogen-bond donors (Lipinski definition) is 1. The van der Waals surface area contributed by atoms with E-state index in [1.54, 1.807) is 18.2 Å². The Balaban J connectivity index is 2.10. The van der Waals surface area contributed by atoms with Crippen LogP contribution >= 0.6 is 0 Å². The van der Waals surface area contributed by atoms with Crippen LogP contribution in [0.2, 0.25) is 0 Å². The maximum absolute atomic E-state index is 10.8. The van der Waals surface area contributed by atoms with E-state index >= 15 is 0 Å². The van der Waals surface area contributed by atoms with Crippen LogP contribution in [0.3, 0.4) is 0 Å². The Kier molecular flexibility index (Phi) is 4.84. The van der Waals surface area contributed by atoms with Gasteiger partial charge in [0.25, 0.3) is 5.69 Å². The van der Waals surface area contributed by atoms with Gasteiger partial charge in [-0.15, -0.1) is 0 Å². The smallest absolute Gasteiger partial charge is 0.269 e. The third-order valence-corrected chi connectivity index (χ3v) is 3.08. The second kappa shape index (κ2) is 6.81. The fraction of sp³-hybridized carbons (Fsp3) is 0.357. The summed E-state index contributed by atoms with van der Waals surface area (Å²) in [5.41, 5.74) is 1.85. The van der Waals surface area contributed by atoms with E-state index in [0.717, 1.165) is 24.1 Å². The highest BCUT2D eigenvalue weighted by molar-refractivity contribution is 5.35. The van der Waals surface area contributed by atoms with Crippen molar-refractivity contribution in [3.63, 3.8) is 0 Å². The maximum Gasteiger partial charge on any atom is 0.269 e. The minimum Gasteiger partial charge on any atom is -0.364 e. The van der Waals surface area contributed by atoms with Gasteiger partial charge in [0.05, 0.1) is 10.6 Å². The van der Waals surface area contributed by atoms with Crippen LogP contribution in [0.4, 0.5) is 5.69 Å². The van der Waals surface area contributed by atoms with Gasteiger partial charge in [-0.3, -0.25) is 10.1 Å². The number of aromatic nitrogens is 1. The average molecular weight is 275 g/mol. The average Bonchev–Trinajstić information content (AvgIpc) is 2.97. The van der Waals surface area contributed by atoms with Crippen molar-refractivity contribution in [3.05, 3.63) is 58.0 Å². The lowest BCUT2D eigenvalue weighted by Gasteiger charge is -2.17. The normalized spacial score (nSPS) is 12.2. The van der Waals surface area contributed by atoms with E-state index in [9.17, 15) is 10.1 Å². The molecule has 0 fully saturated rings. The van der Waals surface area contributed by atoms with E-state index in [2.05, 4.69) is 17.4 Å². The van der Waals surface area contributed by atoms with E-state index in [4.69, 9.17) is 4.52 Å². The zero-order valence-electron chi connectivity index (χ0n) is 11.3. The summed E-state index contributed by atoms with van der Waals surface area (Å²) < 4.78 is 4.78. The van der Waals surface area contributed by atoms with Gasteiger partial charge in [0.2, 0.25) is 0 Å². The fourth-order valence-corrected chi connectivity index (χ4v) is 2.09. The molecule has 0 aliphatic heterocycles. The summed E-state index contributed by atoms with van der Waals surface area (Å²) in [5.74, 6) is 0. The minimum absolute atomic E-state index is 0.0663. The summed E-state index contributed by atoms with van der Waals surface area (Å²) in [7, 11) is 0. The van der Waals surface area contributed by atoms with Crippen LogP contribution in [-0.2, 0) is 6.54 Å². The number of nitrogens with zero attached hydrogens (tertiary/aromatic N) is 2. The predicted octanol–water partition coefficient (Wildman–Crippen LogP) is 3.21. The number of nitro benzene ring substituents is 1. The number of nitrogens with one attached hydrogen (secondary N) is 1. The molecule has 0 saturated heterocycles. The quantitative estimate of drug-likeness (QED) is 0.619. The number of hydrogen-bond acceptors (Lipinski definition) is 5. The van der Waals surface area contributed by atoms with Crippen molar-refractivity contribution in [1.29, 1.82) is 0 Å². The summed E-state index contributed by atoms with van der Waals surface area (Å²) in [4.78, 5) is 10.5. The van der Waals surface area contributed by atoms with Crippen LogP contribution in [0.25, 0.3) is 0 Å². The van der Waals surface area contributed by atoms with Gasteiger partial charge in [-0.05, 0) is 12.0 Å². The third-order valence-electron chi connectivity index (χ3n) is 3.08. The molecule has 6 nitrogen and oxygen atoms in total. The molecule has 0 amide bonds. The number of rotatable bonds is 7. The van der Waals surface area contributed by atoms with E-state index in [1.165, 1.54) is 12.3 Å². The first-order chi connectivity index (χ1) is 9.70. The molecule has 0 aliphatic carbocycles. The van der Waals surface area contributed by atoms with E-state index in [1.807, 2.05) is 6.07 Å². The van der Waals surface area contributed by atoms with Crippen LogP contribution in [-0.4, -0.2) is 10.1 Å². The molecule has 0 saturated carbocycles. The molecule has 2 aromatic rings. The van der Waals surface area contributed by atoms with Crippen molar-refractivity contribution < 1.29 is 9.45 Å². The molecule has 20 heavy (non-hydrogen) atoms. The molecule has 1 N–H and O–H groups in total. The standard InChI is InChI=1S/C14H17N3O3/c1-2-4-14(15-10-12-7-8-20-16-12)11-5-3-6-13(9-11)17(18)19/h3,5-9,14-15H,2,4,10H2,1H3. The fourth-order valence-electron chi connectivity index (χ4n) is 2.09. The molecule has 0 radical (unpaired) electrons. The molecule has 0 aliphatic rings. The number of benzene rings is 1. The first-order valence-electron chi connectivity index (χ1n) is 6.57. The monoisotopic (exact) mass is 275 g/mol. The van der Waals surface area contributed by atoms with Gasteiger partial charge in [-0.1, -0.05) is 30.6 Å². The van der Waals surface area contributed by atoms with Gasteiger partial charge in [0.15, 0.2) is 0 Å². The molecule has 2 rings (SSSR count). The highest BCUT2D eigenvalue weighted by Gasteiger charge is 2.14. The summed E-state index contributed by atoms with van der Waals surface area (Å²) in [6, 6.07) is 8.61.